The molecule has 4 N–H and O–H groups in total. The molecular formula is C28H18N6S. The van der Waals surface area contributed by atoms with Crippen LogP contribution in [-0.4, -0.2) is 9.97 Å². The van der Waals surface area contributed by atoms with Gasteiger partial charge in [0.1, 0.15) is 17.2 Å². The third-order valence-electron chi connectivity index (χ3n) is 4.86. The molecule has 0 unspecified atom stereocenters. The predicted octanol–water partition coefficient (Wildman–Crippen LogP) is 5.19. The van der Waals surface area contributed by atoms with Gasteiger partial charge >= 0.3 is 0 Å². The molecule has 2 heterocycles. The predicted molar refractivity (Wildman–Crippen MR) is 141 cm³/mol. The van der Waals surface area contributed by atoms with Crippen LogP contribution in [0.2, 0.25) is 0 Å². The molecule has 0 saturated carbocycles. The summed E-state index contributed by atoms with van der Waals surface area (Å²) in [6, 6.07) is 22.2. The van der Waals surface area contributed by atoms with Crippen LogP contribution in [0.15, 0.2) is 60.7 Å². The van der Waals surface area contributed by atoms with Crippen LogP contribution in [0.1, 0.15) is 44.2 Å². The highest BCUT2D eigenvalue weighted by atomic mass is 32.1. The fourth-order valence-corrected chi connectivity index (χ4v) is 3.66. The number of nitrogens with two attached hydrogens (primary N) is 2. The van der Waals surface area contributed by atoms with Crippen molar-refractivity contribution >= 4 is 46.5 Å². The van der Waals surface area contributed by atoms with Gasteiger partial charge in [-0.1, -0.05) is 36.4 Å². The lowest BCUT2D eigenvalue weighted by atomic mass is 10.1. The van der Waals surface area contributed by atoms with E-state index in [1.165, 1.54) is 11.3 Å². The largest absolute Gasteiger partial charge is 0.391 e. The van der Waals surface area contributed by atoms with Crippen molar-refractivity contribution in [2.45, 2.75) is 0 Å². The Morgan fingerprint density at radius 3 is 1.74 bits per heavy atom. The van der Waals surface area contributed by atoms with E-state index in [1.807, 2.05) is 42.5 Å². The zero-order valence-electron chi connectivity index (χ0n) is 18.4. The highest BCUT2D eigenvalue weighted by Crippen LogP contribution is 2.19. The smallest absolute Gasteiger partial charge is 0.150 e. The molecule has 166 valence electrons. The second-order valence-corrected chi connectivity index (χ2v) is 8.43. The monoisotopic (exact) mass is 470 g/mol. The first-order valence-corrected chi connectivity index (χ1v) is 11.3. The summed E-state index contributed by atoms with van der Waals surface area (Å²) in [5.74, 6) is 6.44. The number of hydrogen-bond acceptors (Lipinski definition) is 7. The molecule has 0 fully saturated rings. The fourth-order valence-electron chi connectivity index (χ4n) is 3.03. The van der Waals surface area contributed by atoms with Gasteiger partial charge in [-0.05, 0) is 71.5 Å². The Balaban J connectivity index is 1.70. The van der Waals surface area contributed by atoms with Gasteiger partial charge in [0, 0.05) is 0 Å². The number of aromatic nitrogens is 2. The molecule has 7 heteroatoms. The van der Waals surface area contributed by atoms with Crippen LogP contribution in [0.25, 0.3) is 24.3 Å². The molecule has 0 aliphatic heterocycles. The van der Waals surface area contributed by atoms with Gasteiger partial charge < -0.3 is 11.5 Å². The number of anilines is 2. The Labute approximate surface area is 207 Å². The van der Waals surface area contributed by atoms with Gasteiger partial charge in [0.25, 0.3) is 0 Å². The average Bonchev–Trinajstić information content (AvgIpc) is 3.31. The van der Waals surface area contributed by atoms with E-state index < -0.39 is 0 Å². The molecule has 6 nitrogen and oxygen atoms in total. The second-order valence-electron chi connectivity index (χ2n) is 7.31. The quantitative estimate of drug-likeness (QED) is 0.396. The van der Waals surface area contributed by atoms with Crippen molar-refractivity contribution < 1.29 is 0 Å². The van der Waals surface area contributed by atoms with E-state index in [-0.39, 0.29) is 5.82 Å². The first-order chi connectivity index (χ1) is 17.0. The molecule has 0 saturated heterocycles. The Morgan fingerprint density at radius 1 is 0.657 bits per heavy atom. The molecule has 0 radical (unpaired) electrons. The normalized spacial score (nSPS) is 10.6. The van der Waals surface area contributed by atoms with E-state index in [4.69, 9.17) is 22.0 Å². The molecular weight excluding hydrogens is 452 g/mol. The van der Waals surface area contributed by atoms with Crippen molar-refractivity contribution in [2.24, 2.45) is 0 Å². The van der Waals surface area contributed by atoms with Crippen molar-refractivity contribution in [1.29, 1.82) is 10.5 Å². The maximum absolute atomic E-state index is 8.98. The summed E-state index contributed by atoms with van der Waals surface area (Å²) < 4.78 is 0. The highest BCUT2D eigenvalue weighted by molar-refractivity contribution is 7.16. The minimum absolute atomic E-state index is 0.264. The van der Waals surface area contributed by atoms with Crippen molar-refractivity contribution in [1.82, 2.24) is 9.97 Å². The SMILES string of the molecule is N#Cc1ccc(/C=C/c2nc(C#Cc3ccc(N)s3)c(/C=C/c3ccc(C#N)cc3)nc2N)cc1. The topological polar surface area (TPSA) is 125 Å². The van der Waals surface area contributed by atoms with Crippen LogP contribution in [0.5, 0.6) is 0 Å². The molecule has 0 bridgehead atoms. The molecule has 4 aromatic rings. The Bertz CT molecular complexity index is 1570. The van der Waals surface area contributed by atoms with Crippen LogP contribution >= 0.6 is 11.3 Å². The van der Waals surface area contributed by atoms with Crippen molar-refractivity contribution in [2.75, 3.05) is 11.5 Å². The summed E-state index contributed by atoms with van der Waals surface area (Å²) in [6.45, 7) is 0. The maximum atomic E-state index is 8.98. The maximum Gasteiger partial charge on any atom is 0.150 e. The lowest BCUT2D eigenvalue weighted by Crippen LogP contribution is -2.03. The lowest BCUT2D eigenvalue weighted by Gasteiger charge is -2.04. The third kappa shape index (κ3) is 6.00. The minimum Gasteiger partial charge on any atom is -0.391 e. The van der Waals surface area contributed by atoms with Gasteiger partial charge in [-0.15, -0.1) is 11.3 Å². The summed E-state index contributed by atoms with van der Waals surface area (Å²) in [7, 11) is 0. The molecule has 2 aromatic heterocycles. The number of nitriles is 2. The van der Waals surface area contributed by atoms with E-state index in [0.29, 0.717) is 33.2 Å². The van der Waals surface area contributed by atoms with Gasteiger partial charge in [-0.2, -0.15) is 10.5 Å². The van der Waals surface area contributed by atoms with E-state index >= 15 is 0 Å². The van der Waals surface area contributed by atoms with Crippen LogP contribution in [0, 0.1) is 34.5 Å². The number of benzene rings is 2. The summed E-state index contributed by atoms with van der Waals surface area (Å²) in [6.07, 6.45) is 7.29. The summed E-state index contributed by atoms with van der Waals surface area (Å²) in [4.78, 5) is 10.0. The van der Waals surface area contributed by atoms with Gasteiger partial charge in [-0.3, -0.25) is 0 Å². The molecule has 4 rings (SSSR count). The number of nitrogens with zero attached hydrogens (tertiary/aromatic N) is 4. The first-order valence-electron chi connectivity index (χ1n) is 10.5. The van der Waals surface area contributed by atoms with E-state index in [1.54, 1.807) is 42.5 Å². The molecule has 0 atom stereocenters. The lowest BCUT2D eigenvalue weighted by molar-refractivity contribution is 1.15. The van der Waals surface area contributed by atoms with Crippen molar-refractivity contribution in [3.05, 3.63) is 105 Å². The second kappa shape index (κ2) is 10.6. The average molecular weight is 471 g/mol. The molecule has 35 heavy (non-hydrogen) atoms. The molecule has 2 aromatic carbocycles. The molecule has 0 spiro atoms. The van der Waals surface area contributed by atoms with Crippen LogP contribution in [0.3, 0.4) is 0 Å². The zero-order chi connectivity index (χ0) is 24.6. The number of hydrogen-bond donors (Lipinski definition) is 2. The molecule has 0 aliphatic rings. The van der Waals surface area contributed by atoms with E-state index in [2.05, 4.69) is 33.9 Å². The Kier molecular flexibility index (Phi) is 6.99. The number of thiophene rings is 1. The van der Waals surface area contributed by atoms with Gasteiger partial charge in [-0.25, -0.2) is 9.97 Å². The first kappa shape index (κ1) is 23.0. The standard InChI is InChI=1S/C28H18N6S/c29-17-21-5-1-19(2-6-21)9-13-25-24(15-11-23-12-16-27(31)35-23)33-26(28(32)34-25)14-10-20-3-7-22(18-30)8-4-20/h1-10,12-14,16H,31H2,(H2,32,34)/b13-9+,14-10+. The fraction of sp³-hybridized carbons (Fsp3) is 0. The van der Waals surface area contributed by atoms with Gasteiger partial charge in [0.15, 0.2) is 0 Å². The highest BCUT2D eigenvalue weighted by Gasteiger charge is 2.08. The summed E-state index contributed by atoms with van der Waals surface area (Å²) >= 11 is 1.39. The van der Waals surface area contributed by atoms with E-state index in [9.17, 15) is 0 Å². The summed E-state index contributed by atoms with van der Waals surface area (Å²) in [5, 5.41) is 18.6. The number of rotatable bonds is 4. The third-order valence-corrected chi connectivity index (χ3v) is 5.69. The van der Waals surface area contributed by atoms with Crippen LogP contribution in [0.4, 0.5) is 10.8 Å². The molecule has 0 aliphatic carbocycles. The van der Waals surface area contributed by atoms with Crippen molar-refractivity contribution in [3.8, 4) is 24.0 Å². The van der Waals surface area contributed by atoms with Gasteiger partial charge in [0.2, 0.25) is 0 Å². The Morgan fingerprint density at radius 2 is 1.23 bits per heavy atom. The molecule has 0 amide bonds. The number of nitrogen functional groups attached to an aromatic ring is 2. The van der Waals surface area contributed by atoms with Crippen molar-refractivity contribution in [3.63, 3.8) is 0 Å². The van der Waals surface area contributed by atoms with Crippen LogP contribution in [-0.2, 0) is 0 Å². The summed E-state index contributed by atoms with van der Waals surface area (Å²) in [5.41, 5.74) is 16.5. The van der Waals surface area contributed by atoms with Gasteiger partial charge in [0.05, 0.1) is 38.8 Å². The Hall–Kier alpha value is -5.16. The minimum atomic E-state index is 0.264. The zero-order valence-corrected chi connectivity index (χ0v) is 19.3. The van der Waals surface area contributed by atoms with E-state index in [0.717, 1.165) is 16.0 Å². The van der Waals surface area contributed by atoms with Crippen LogP contribution < -0.4 is 11.5 Å².